The second-order valence-electron chi connectivity index (χ2n) is 5.89. The Balaban J connectivity index is 1.50. The Morgan fingerprint density at radius 1 is 1.45 bits per heavy atom. The van der Waals surface area contributed by atoms with Crippen molar-refractivity contribution in [2.75, 3.05) is 0 Å². The van der Waals surface area contributed by atoms with E-state index in [0.29, 0.717) is 12.6 Å². The van der Waals surface area contributed by atoms with E-state index in [1.807, 2.05) is 35.2 Å². The molecule has 0 radical (unpaired) electrons. The SMILES string of the molecule is Cc1cc(C(=O)NCc2cn3ccsc3n2)c(C)n1C1CC1. The largest absolute Gasteiger partial charge is 0.346 e. The zero-order valence-corrected chi connectivity index (χ0v) is 13.5. The Morgan fingerprint density at radius 3 is 3.00 bits per heavy atom. The number of rotatable bonds is 4. The minimum Gasteiger partial charge on any atom is -0.346 e. The van der Waals surface area contributed by atoms with Gasteiger partial charge >= 0.3 is 0 Å². The average Bonchev–Trinajstić information content (AvgIpc) is 2.96. The third-order valence-corrected chi connectivity index (χ3v) is 4.98. The summed E-state index contributed by atoms with van der Waals surface area (Å²) in [6.07, 6.45) is 6.38. The molecule has 0 bridgehead atoms. The highest BCUT2D eigenvalue weighted by atomic mass is 32.1. The first-order valence-electron chi connectivity index (χ1n) is 7.51. The van der Waals surface area contributed by atoms with Crippen molar-refractivity contribution in [3.8, 4) is 0 Å². The lowest BCUT2D eigenvalue weighted by molar-refractivity contribution is 0.0949. The summed E-state index contributed by atoms with van der Waals surface area (Å²) >= 11 is 1.59. The standard InChI is InChI=1S/C16H18N4OS/c1-10-7-14(11(2)20(10)13-3-4-13)15(21)17-8-12-9-19-5-6-22-16(19)18-12/h5-7,9,13H,3-4,8H2,1-2H3,(H,17,21). The maximum Gasteiger partial charge on any atom is 0.253 e. The average molecular weight is 314 g/mol. The highest BCUT2D eigenvalue weighted by Gasteiger charge is 2.28. The van der Waals surface area contributed by atoms with Gasteiger partial charge in [-0.3, -0.25) is 9.20 Å². The molecule has 0 unspecified atom stereocenters. The monoisotopic (exact) mass is 314 g/mol. The van der Waals surface area contributed by atoms with Crippen LogP contribution in [0.5, 0.6) is 0 Å². The van der Waals surface area contributed by atoms with E-state index in [0.717, 1.165) is 21.9 Å². The van der Waals surface area contributed by atoms with Gasteiger partial charge in [-0.05, 0) is 32.8 Å². The van der Waals surface area contributed by atoms with Gasteiger partial charge in [0, 0.05) is 35.2 Å². The zero-order valence-electron chi connectivity index (χ0n) is 12.7. The third-order valence-electron chi connectivity index (χ3n) is 4.21. The van der Waals surface area contributed by atoms with E-state index in [1.54, 1.807) is 11.3 Å². The van der Waals surface area contributed by atoms with Crippen LogP contribution in [-0.4, -0.2) is 19.9 Å². The molecule has 1 N–H and O–H groups in total. The van der Waals surface area contributed by atoms with Crippen LogP contribution in [-0.2, 0) is 6.54 Å². The zero-order chi connectivity index (χ0) is 15.3. The molecule has 1 saturated carbocycles. The van der Waals surface area contributed by atoms with E-state index in [9.17, 15) is 4.79 Å². The number of carbonyl (C=O) groups is 1. The van der Waals surface area contributed by atoms with Crippen LogP contribution < -0.4 is 5.32 Å². The van der Waals surface area contributed by atoms with Crippen LogP contribution >= 0.6 is 11.3 Å². The fourth-order valence-electron chi connectivity index (χ4n) is 3.03. The molecule has 5 nitrogen and oxygen atoms in total. The molecule has 114 valence electrons. The summed E-state index contributed by atoms with van der Waals surface area (Å²) in [4.78, 5) is 17.9. The molecular formula is C16H18N4OS. The van der Waals surface area contributed by atoms with Gasteiger partial charge in [-0.1, -0.05) is 0 Å². The van der Waals surface area contributed by atoms with Crippen molar-refractivity contribution in [2.24, 2.45) is 0 Å². The molecule has 0 atom stereocenters. The molecule has 3 aromatic rings. The number of carbonyl (C=O) groups excluding carboxylic acids is 1. The molecule has 1 amide bonds. The van der Waals surface area contributed by atoms with Crippen LogP contribution in [0.25, 0.3) is 4.96 Å². The van der Waals surface area contributed by atoms with Crippen LogP contribution in [0, 0.1) is 13.8 Å². The van der Waals surface area contributed by atoms with E-state index >= 15 is 0 Å². The molecule has 22 heavy (non-hydrogen) atoms. The van der Waals surface area contributed by atoms with Crippen molar-refractivity contribution in [3.05, 3.63) is 46.5 Å². The van der Waals surface area contributed by atoms with E-state index in [-0.39, 0.29) is 5.91 Å². The van der Waals surface area contributed by atoms with Gasteiger partial charge in [0.05, 0.1) is 17.8 Å². The molecule has 1 aliphatic rings. The molecule has 3 heterocycles. The maximum absolute atomic E-state index is 12.4. The summed E-state index contributed by atoms with van der Waals surface area (Å²) in [6, 6.07) is 2.59. The number of hydrogen-bond acceptors (Lipinski definition) is 3. The number of fused-ring (bicyclic) bond motifs is 1. The van der Waals surface area contributed by atoms with E-state index in [4.69, 9.17) is 0 Å². The number of aryl methyl sites for hydroxylation is 1. The van der Waals surface area contributed by atoms with Gasteiger partial charge in [-0.15, -0.1) is 11.3 Å². The van der Waals surface area contributed by atoms with Gasteiger partial charge in [-0.25, -0.2) is 4.98 Å². The molecular weight excluding hydrogens is 296 g/mol. The summed E-state index contributed by atoms with van der Waals surface area (Å²) < 4.78 is 4.27. The Labute approximate surface area is 132 Å². The molecule has 3 aromatic heterocycles. The van der Waals surface area contributed by atoms with Crippen molar-refractivity contribution >= 4 is 22.2 Å². The fourth-order valence-corrected chi connectivity index (χ4v) is 3.75. The topological polar surface area (TPSA) is 51.3 Å². The summed E-state index contributed by atoms with van der Waals surface area (Å²) in [6.45, 7) is 4.57. The number of nitrogens with one attached hydrogen (secondary N) is 1. The molecule has 0 saturated heterocycles. The predicted octanol–water partition coefficient (Wildman–Crippen LogP) is 3.08. The van der Waals surface area contributed by atoms with Gasteiger partial charge in [0.1, 0.15) is 0 Å². The van der Waals surface area contributed by atoms with E-state index in [1.165, 1.54) is 18.5 Å². The molecule has 6 heteroatoms. The van der Waals surface area contributed by atoms with E-state index < -0.39 is 0 Å². The van der Waals surface area contributed by atoms with Crippen molar-refractivity contribution in [1.29, 1.82) is 0 Å². The Bertz CT molecular complexity index is 824. The van der Waals surface area contributed by atoms with Crippen LogP contribution in [0.1, 0.15) is 46.3 Å². The van der Waals surface area contributed by atoms with Crippen LogP contribution in [0.2, 0.25) is 0 Å². The third kappa shape index (κ3) is 2.23. The summed E-state index contributed by atoms with van der Waals surface area (Å²) in [5.41, 5.74) is 3.91. The number of imidazole rings is 1. The van der Waals surface area contributed by atoms with Gasteiger partial charge in [0.2, 0.25) is 0 Å². The van der Waals surface area contributed by atoms with Gasteiger partial charge < -0.3 is 9.88 Å². The fraction of sp³-hybridized carbons (Fsp3) is 0.375. The van der Waals surface area contributed by atoms with Gasteiger partial charge in [0.25, 0.3) is 5.91 Å². The van der Waals surface area contributed by atoms with Crippen LogP contribution in [0.3, 0.4) is 0 Å². The Kier molecular flexibility index (Phi) is 3.07. The summed E-state index contributed by atoms with van der Waals surface area (Å²) in [5.74, 6) is -0.0173. The number of nitrogens with zero attached hydrogens (tertiary/aromatic N) is 3. The second kappa shape index (κ2) is 4.98. The minimum atomic E-state index is -0.0173. The number of amides is 1. The van der Waals surface area contributed by atoms with E-state index in [2.05, 4.69) is 21.8 Å². The highest BCUT2D eigenvalue weighted by molar-refractivity contribution is 7.15. The molecule has 1 aliphatic carbocycles. The highest BCUT2D eigenvalue weighted by Crippen LogP contribution is 2.38. The Morgan fingerprint density at radius 2 is 2.27 bits per heavy atom. The quantitative estimate of drug-likeness (QED) is 0.804. The van der Waals surface area contributed by atoms with Gasteiger partial charge in [0.15, 0.2) is 4.96 Å². The van der Waals surface area contributed by atoms with Crippen LogP contribution in [0.15, 0.2) is 23.8 Å². The Hall–Kier alpha value is -2.08. The first kappa shape index (κ1) is 13.6. The molecule has 0 spiro atoms. The lowest BCUT2D eigenvalue weighted by Crippen LogP contribution is -2.23. The molecule has 1 fully saturated rings. The lowest BCUT2D eigenvalue weighted by atomic mass is 10.2. The normalized spacial score (nSPS) is 14.6. The van der Waals surface area contributed by atoms with Crippen molar-refractivity contribution in [1.82, 2.24) is 19.3 Å². The first-order valence-corrected chi connectivity index (χ1v) is 8.39. The smallest absolute Gasteiger partial charge is 0.253 e. The van der Waals surface area contributed by atoms with Crippen molar-refractivity contribution < 1.29 is 4.79 Å². The van der Waals surface area contributed by atoms with Gasteiger partial charge in [-0.2, -0.15) is 0 Å². The van der Waals surface area contributed by atoms with Crippen molar-refractivity contribution in [2.45, 2.75) is 39.3 Å². The summed E-state index contributed by atoms with van der Waals surface area (Å²) in [7, 11) is 0. The van der Waals surface area contributed by atoms with Crippen molar-refractivity contribution in [3.63, 3.8) is 0 Å². The number of thiazole rings is 1. The molecule has 0 aromatic carbocycles. The second-order valence-corrected chi connectivity index (χ2v) is 6.77. The number of aromatic nitrogens is 3. The first-order chi connectivity index (χ1) is 10.6. The minimum absolute atomic E-state index is 0.0173. The predicted molar refractivity (Wildman–Crippen MR) is 86.4 cm³/mol. The maximum atomic E-state index is 12.4. The molecule has 4 rings (SSSR count). The molecule has 0 aliphatic heterocycles. The summed E-state index contributed by atoms with van der Waals surface area (Å²) in [5, 5.41) is 4.98. The van der Waals surface area contributed by atoms with Crippen LogP contribution in [0.4, 0.5) is 0 Å². The number of hydrogen-bond donors (Lipinski definition) is 1. The lowest BCUT2D eigenvalue weighted by Gasteiger charge is -2.08.